The molecule has 0 aromatic heterocycles. The van der Waals surface area contributed by atoms with Gasteiger partial charge in [0, 0.05) is 5.02 Å². The summed E-state index contributed by atoms with van der Waals surface area (Å²) in [5, 5.41) is 2.89. The molecule has 0 radical (unpaired) electrons. The van der Waals surface area contributed by atoms with E-state index in [4.69, 9.17) is 25.8 Å². The van der Waals surface area contributed by atoms with Crippen LogP contribution in [-0.2, 0) is 16.1 Å². The lowest BCUT2D eigenvalue weighted by Crippen LogP contribution is -2.27. The maximum atomic E-state index is 12.9. The SMILES string of the molecule is CCOc1ccccc1NC(=O)COc1ccc(/C=C2\SC(=O)N(Cc3ccccc3Cl)C2=O)cc1OC. The van der Waals surface area contributed by atoms with E-state index in [2.05, 4.69) is 5.32 Å². The first-order valence-corrected chi connectivity index (χ1v) is 12.9. The van der Waals surface area contributed by atoms with Gasteiger partial charge in [-0.2, -0.15) is 0 Å². The monoisotopic (exact) mass is 552 g/mol. The molecule has 3 aromatic carbocycles. The van der Waals surface area contributed by atoms with Gasteiger partial charge in [-0.3, -0.25) is 19.3 Å². The zero-order chi connectivity index (χ0) is 27.1. The molecular formula is C28H25ClN2O6S. The number of ether oxygens (including phenoxy) is 3. The Morgan fingerprint density at radius 1 is 1.00 bits per heavy atom. The first kappa shape index (κ1) is 27.1. The number of halogens is 1. The van der Waals surface area contributed by atoms with Gasteiger partial charge in [-0.05, 0) is 66.2 Å². The maximum Gasteiger partial charge on any atom is 0.293 e. The molecule has 8 nitrogen and oxygen atoms in total. The fourth-order valence-electron chi connectivity index (χ4n) is 3.66. The van der Waals surface area contributed by atoms with E-state index in [1.54, 1.807) is 66.7 Å². The highest BCUT2D eigenvalue weighted by Crippen LogP contribution is 2.36. The second-order valence-corrected chi connectivity index (χ2v) is 9.44. The van der Waals surface area contributed by atoms with Crippen molar-refractivity contribution >= 4 is 52.2 Å². The highest BCUT2D eigenvalue weighted by Gasteiger charge is 2.35. The number of nitrogens with zero attached hydrogens (tertiary/aromatic N) is 1. The molecular weight excluding hydrogens is 528 g/mol. The average Bonchev–Trinajstić information content (AvgIpc) is 3.17. The fraction of sp³-hybridized carbons (Fsp3) is 0.179. The standard InChI is InChI=1S/C28H25ClN2O6S/c1-3-36-22-11-7-6-10-21(22)30-26(32)17-37-23-13-12-18(14-24(23)35-2)15-25-27(33)31(28(34)38-25)16-19-8-4-5-9-20(19)29/h4-15H,3,16-17H2,1-2H3,(H,30,32)/b25-15-. The Morgan fingerprint density at radius 2 is 1.76 bits per heavy atom. The van der Waals surface area contributed by atoms with Crippen LogP contribution in [0.5, 0.6) is 17.2 Å². The molecule has 3 amide bonds. The normalized spacial score (nSPS) is 14.1. The molecule has 1 aliphatic heterocycles. The second kappa shape index (κ2) is 12.5. The van der Waals surface area contributed by atoms with Crippen LogP contribution in [0.2, 0.25) is 5.02 Å². The van der Waals surface area contributed by atoms with Crippen molar-refractivity contribution in [3.8, 4) is 17.2 Å². The van der Waals surface area contributed by atoms with E-state index < -0.39 is 5.91 Å². The van der Waals surface area contributed by atoms with Gasteiger partial charge in [0.05, 0.1) is 30.9 Å². The molecule has 3 aromatic rings. The molecule has 1 aliphatic rings. The summed E-state index contributed by atoms with van der Waals surface area (Å²) in [5.41, 5.74) is 1.87. The van der Waals surface area contributed by atoms with E-state index in [1.165, 1.54) is 7.11 Å². The lowest BCUT2D eigenvalue weighted by Gasteiger charge is -2.14. The van der Waals surface area contributed by atoms with Gasteiger partial charge in [-0.25, -0.2) is 0 Å². The van der Waals surface area contributed by atoms with Gasteiger partial charge in [-0.1, -0.05) is 48.0 Å². The van der Waals surface area contributed by atoms with Gasteiger partial charge < -0.3 is 19.5 Å². The predicted octanol–water partition coefficient (Wildman–Crippen LogP) is 6.00. The Balaban J connectivity index is 1.42. The third-order valence-corrected chi connectivity index (χ3v) is 6.74. The first-order chi connectivity index (χ1) is 18.4. The van der Waals surface area contributed by atoms with Crippen LogP contribution in [0.1, 0.15) is 18.1 Å². The van der Waals surface area contributed by atoms with Crippen LogP contribution >= 0.6 is 23.4 Å². The first-order valence-electron chi connectivity index (χ1n) is 11.7. The van der Waals surface area contributed by atoms with Gasteiger partial charge in [0.25, 0.3) is 17.1 Å². The third kappa shape index (κ3) is 6.48. The van der Waals surface area contributed by atoms with E-state index in [-0.39, 0.29) is 29.2 Å². The molecule has 0 unspecified atom stereocenters. The summed E-state index contributed by atoms with van der Waals surface area (Å²) in [5.74, 6) is 0.529. The van der Waals surface area contributed by atoms with Crippen LogP contribution in [0.25, 0.3) is 6.08 Å². The highest BCUT2D eigenvalue weighted by atomic mass is 35.5. The van der Waals surface area contributed by atoms with E-state index in [0.717, 1.165) is 16.7 Å². The van der Waals surface area contributed by atoms with Crippen LogP contribution in [0, 0.1) is 0 Å². The Kier molecular flexibility index (Phi) is 8.93. The number of para-hydroxylation sites is 2. The number of rotatable bonds is 10. The van der Waals surface area contributed by atoms with Crippen molar-refractivity contribution < 1.29 is 28.6 Å². The molecule has 1 heterocycles. The van der Waals surface area contributed by atoms with E-state index in [0.29, 0.717) is 45.7 Å². The smallest absolute Gasteiger partial charge is 0.293 e. The number of imide groups is 1. The maximum absolute atomic E-state index is 12.9. The molecule has 1 fully saturated rings. The van der Waals surface area contributed by atoms with Crippen molar-refractivity contribution in [2.45, 2.75) is 13.5 Å². The number of benzene rings is 3. The minimum absolute atomic E-state index is 0.0922. The number of thioether (sulfide) groups is 1. The fourth-order valence-corrected chi connectivity index (χ4v) is 4.69. The van der Waals surface area contributed by atoms with Crippen LogP contribution in [-0.4, -0.2) is 42.3 Å². The quantitative estimate of drug-likeness (QED) is 0.308. The molecule has 196 valence electrons. The van der Waals surface area contributed by atoms with Crippen LogP contribution in [0.3, 0.4) is 0 Å². The Morgan fingerprint density at radius 3 is 2.53 bits per heavy atom. The van der Waals surface area contributed by atoms with Crippen LogP contribution < -0.4 is 19.5 Å². The van der Waals surface area contributed by atoms with Crippen molar-refractivity contribution in [1.29, 1.82) is 0 Å². The minimum atomic E-state index is -0.400. The van der Waals surface area contributed by atoms with Gasteiger partial charge in [0.15, 0.2) is 18.1 Å². The summed E-state index contributed by atoms with van der Waals surface area (Å²) in [7, 11) is 1.47. The van der Waals surface area contributed by atoms with Crippen molar-refractivity contribution in [2.75, 3.05) is 25.6 Å². The number of methoxy groups -OCH3 is 1. The number of carbonyl (C=O) groups excluding carboxylic acids is 3. The summed E-state index contributed by atoms with van der Waals surface area (Å²) < 4.78 is 16.6. The summed E-state index contributed by atoms with van der Waals surface area (Å²) in [6.07, 6.45) is 1.61. The van der Waals surface area contributed by atoms with Crippen LogP contribution in [0.4, 0.5) is 10.5 Å². The van der Waals surface area contributed by atoms with Crippen molar-refractivity contribution in [1.82, 2.24) is 4.90 Å². The third-order valence-electron chi connectivity index (χ3n) is 5.47. The number of amides is 3. The highest BCUT2D eigenvalue weighted by molar-refractivity contribution is 8.18. The molecule has 1 N–H and O–H groups in total. The van der Waals surface area contributed by atoms with Gasteiger partial charge in [-0.15, -0.1) is 0 Å². The minimum Gasteiger partial charge on any atom is -0.493 e. The molecule has 38 heavy (non-hydrogen) atoms. The Labute approximate surface area is 229 Å². The van der Waals surface area contributed by atoms with Gasteiger partial charge in [0.1, 0.15) is 5.75 Å². The average molecular weight is 553 g/mol. The molecule has 10 heteroatoms. The topological polar surface area (TPSA) is 94.2 Å². The number of nitrogens with one attached hydrogen (secondary N) is 1. The molecule has 0 atom stereocenters. The predicted molar refractivity (Wildman–Crippen MR) is 148 cm³/mol. The van der Waals surface area contributed by atoms with E-state index in [9.17, 15) is 14.4 Å². The zero-order valence-electron chi connectivity index (χ0n) is 20.7. The second-order valence-electron chi connectivity index (χ2n) is 8.04. The van der Waals surface area contributed by atoms with Crippen molar-refractivity contribution in [3.63, 3.8) is 0 Å². The molecule has 4 rings (SSSR count). The van der Waals surface area contributed by atoms with Crippen molar-refractivity contribution in [2.24, 2.45) is 0 Å². The molecule has 1 saturated heterocycles. The van der Waals surface area contributed by atoms with Crippen LogP contribution in [0.15, 0.2) is 71.6 Å². The molecule has 0 aliphatic carbocycles. The van der Waals surface area contributed by atoms with Gasteiger partial charge in [0.2, 0.25) is 0 Å². The largest absolute Gasteiger partial charge is 0.493 e. The molecule has 0 spiro atoms. The lowest BCUT2D eigenvalue weighted by molar-refractivity contribution is -0.123. The number of hydrogen-bond acceptors (Lipinski definition) is 7. The summed E-state index contributed by atoms with van der Waals surface area (Å²) in [6, 6.07) is 19.2. The van der Waals surface area contributed by atoms with Gasteiger partial charge >= 0.3 is 0 Å². The number of carbonyl (C=O) groups is 3. The summed E-state index contributed by atoms with van der Waals surface area (Å²) >= 11 is 7.05. The number of anilines is 1. The van der Waals surface area contributed by atoms with Crippen molar-refractivity contribution in [3.05, 3.63) is 87.8 Å². The van der Waals surface area contributed by atoms with E-state index >= 15 is 0 Å². The number of hydrogen-bond donors (Lipinski definition) is 1. The molecule has 0 bridgehead atoms. The summed E-state index contributed by atoms with van der Waals surface area (Å²) in [6.45, 7) is 2.18. The lowest BCUT2D eigenvalue weighted by atomic mass is 10.1. The zero-order valence-corrected chi connectivity index (χ0v) is 22.3. The Bertz CT molecular complexity index is 1390. The van der Waals surface area contributed by atoms with E-state index in [1.807, 2.05) is 13.0 Å². The molecule has 0 saturated carbocycles. The summed E-state index contributed by atoms with van der Waals surface area (Å²) in [4.78, 5) is 39.3. The Hall–Kier alpha value is -3.95.